The molecule has 0 N–H and O–H groups in total. The van der Waals surface area contributed by atoms with Crippen molar-refractivity contribution in [1.29, 1.82) is 0 Å². The summed E-state index contributed by atoms with van der Waals surface area (Å²) in [6.45, 7) is 16.0. The van der Waals surface area contributed by atoms with E-state index in [1.54, 1.807) is 0 Å². The smallest absolute Gasteiger partial charge is 0.371 e. The number of hydrogen-bond acceptors (Lipinski definition) is 6. The summed E-state index contributed by atoms with van der Waals surface area (Å²) < 4.78 is 37.5. The van der Waals surface area contributed by atoms with Crippen LogP contribution < -0.4 is 0 Å². The van der Waals surface area contributed by atoms with E-state index in [1.165, 1.54) is 38.5 Å². The van der Waals surface area contributed by atoms with Crippen molar-refractivity contribution >= 4 is 17.6 Å². The van der Waals surface area contributed by atoms with Gasteiger partial charge in [-0.3, -0.25) is 0 Å². The van der Waals surface area contributed by atoms with Gasteiger partial charge in [-0.25, -0.2) is 0 Å². The van der Waals surface area contributed by atoms with Crippen LogP contribution >= 0.6 is 0 Å². The van der Waals surface area contributed by atoms with E-state index in [0.717, 1.165) is 35.5 Å². The fourth-order valence-corrected chi connectivity index (χ4v) is 14.6. The second-order valence-corrected chi connectivity index (χ2v) is 17.0. The molecule has 7 aliphatic rings. The summed E-state index contributed by atoms with van der Waals surface area (Å²) in [5.41, 5.74) is 5.13. The Morgan fingerprint density at radius 1 is 0.500 bits per heavy atom. The lowest BCUT2D eigenvalue weighted by molar-refractivity contribution is -0.265. The van der Waals surface area contributed by atoms with Crippen LogP contribution in [0.4, 0.5) is 0 Å². The van der Waals surface area contributed by atoms with Crippen molar-refractivity contribution in [3.05, 3.63) is 23.6 Å². The molecule has 0 aromatic rings. The van der Waals surface area contributed by atoms with E-state index in [2.05, 4.69) is 23.6 Å². The molecule has 0 aromatic heterocycles. The Balaban J connectivity index is 1.50. The third-order valence-corrected chi connectivity index (χ3v) is 15.9. The van der Waals surface area contributed by atoms with Gasteiger partial charge < -0.3 is 26.6 Å². The molecule has 7 rings (SSSR count). The minimum Gasteiger partial charge on any atom is -0.371 e. The molecule has 7 fully saturated rings. The average Bonchev–Trinajstić information content (AvgIpc) is 2.90. The van der Waals surface area contributed by atoms with E-state index < -0.39 is 17.6 Å². The standard InChI is InChI=1S/C30H52O6Si2/c1-7-31-37(32-8-2,33-9-3)15-13-29-21-23-19-27-25(29)17-24-18-26(29)28(20-23)30(27,22-24)14-16-38(34-10-4,35-11-5)36-12-6/h13-16,23-28H,7-12,17-22H2,1-6H3. The normalized spacial score (nSPS) is 39.4. The summed E-state index contributed by atoms with van der Waals surface area (Å²) in [6, 6.07) is 0. The molecule has 0 aliphatic heterocycles. The van der Waals surface area contributed by atoms with Crippen LogP contribution in [0.1, 0.15) is 80.1 Å². The van der Waals surface area contributed by atoms with Crippen LogP contribution in [0, 0.1) is 46.3 Å². The molecule has 0 spiro atoms. The minimum atomic E-state index is -2.83. The van der Waals surface area contributed by atoms with Gasteiger partial charge in [-0.05, 0) is 138 Å². The monoisotopic (exact) mass is 564 g/mol. The molecule has 8 bridgehead atoms. The maximum Gasteiger partial charge on any atom is 0.529 e. The third kappa shape index (κ3) is 4.69. The molecule has 0 heterocycles. The van der Waals surface area contributed by atoms with Gasteiger partial charge in [0, 0.05) is 39.6 Å². The second kappa shape index (κ2) is 11.5. The topological polar surface area (TPSA) is 55.4 Å². The third-order valence-electron chi connectivity index (χ3n) is 10.6. The van der Waals surface area contributed by atoms with Crippen LogP contribution in [0.25, 0.3) is 0 Å². The maximum absolute atomic E-state index is 6.25. The predicted molar refractivity (Wildman–Crippen MR) is 153 cm³/mol. The Labute approximate surface area is 233 Å². The molecule has 0 radical (unpaired) electrons. The van der Waals surface area contributed by atoms with E-state index in [9.17, 15) is 0 Å². The van der Waals surface area contributed by atoms with Crippen molar-refractivity contribution in [3.63, 3.8) is 0 Å². The van der Waals surface area contributed by atoms with Crippen molar-refractivity contribution in [2.24, 2.45) is 46.3 Å². The first kappa shape index (κ1) is 29.2. The SMILES string of the molecule is CCO[Si](C=CC12CC3CC4C1CC1CC2C(C3)C4(C=C[Si](OCC)(OCC)OCC)C1)(OCC)OCC. The number of rotatable bonds is 16. The van der Waals surface area contributed by atoms with E-state index in [1.807, 2.05) is 41.5 Å². The lowest BCUT2D eigenvalue weighted by atomic mass is 9.27. The Morgan fingerprint density at radius 2 is 0.763 bits per heavy atom. The number of hydrogen-bond donors (Lipinski definition) is 0. The van der Waals surface area contributed by atoms with Crippen molar-refractivity contribution in [2.75, 3.05) is 39.6 Å². The van der Waals surface area contributed by atoms with Gasteiger partial charge in [-0.2, -0.15) is 0 Å². The van der Waals surface area contributed by atoms with E-state index in [4.69, 9.17) is 26.6 Å². The van der Waals surface area contributed by atoms with Gasteiger partial charge in [0.1, 0.15) is 0 Å². The average molecular weight is 565 g/mol. The molecule has 4 unspecified atom stereocenters. The first-order valence-electron chi connectivity index (χ1n) is 15.6. The predicted octanol–water partition coefficient (Wildman–Crippen LogP) is 6.35. The van der Waals surface area contributed by atoms with Crippen LogP contribution in [0.15, 0.2) is 23.6 Å². The largest absolute Gasteiger partial charge is 0.529 e. The molecule has 0 amide bonds. The molecule has 7 saturated carbocycles. The quantitative estimate of drug-likeness (QED) is 0.204. The van der Waals surface area contributed by atoms with Crippen LogP contribution in [-0.2, 0) is 26.6 Å². The molecule has 216 valence electrons. The van der Waals surface area contributed by atoms with Crippen molar-refractivity contribution < 1.29 is 26.6 Å². The summed E-state index contributed by atoms with van der Waals surface area (Å²) in [5, 5.41) is 0. The van der Waals surface area contributed by atoms with Gasteiger partial charge >= 0.3 is 17.6 Å². The van der Waals surface area contributed by atoms with E-state index in [0.29, 0.717) is 39.6 Å². The van der Waals surface area contributed by atoms with Gasteiger partial charge in [0.25, 0.3) is 0 Å². The summed E-state index contributed by atoms with van der Waals surface area (Å²) >= 11 is 0. The zero-order valence-corrected chi connectivity index (χ0v) is 26.7. The first-order valence-corrected chi connectivity index (χ1v) is 19.2. The summed E-state index contributed by atoms with van der Waals surface area (Å²) in [4.78, 5) is 0. The lowest BCUT2D eigenvalue weighted by Gasteiger charge is -2.78. The Bertz CT molecular complexity index is 749. The van der Waals surface area contributed by atoms with Gasteiger partial charge in [0.05, 0.1) is 0 Å². The summed E-state index contributed by atoms with van der Waals surface area (Å²) in [7, 11) is -5.65. The molecule has 6 nitrogen and oxygen atoms in total. The number of allylic oxidation sites excluding steroid dienone is 2. The second-order valence-electron chi connectivity index (χ2n) is 12.2. The van der Waals surface area contributed by atoms with E-state index >= 15 is 0 Å². The highest BCUT2D eigenvalue weighted by Crippen LogP contribution is 2.80. The summed E-state index contributed by atoms with van der Waals surface area (Å²) in [6.07, 6.45) is 13.3. The highest BCUT2D eigenvalue weighted by Gasteiger charge is 2.73. The minimum absolute atomic E-state index is 0.266. The van der Waals surface area contributed by atoms with Crippen molar-refractivity contribution in [3.8, 4) is 0 Å². The maximum atomic E-state index is 6.25. The van der Waals surface area contributed by atoms with Crippen LogP contribution in [0.3, 0.4) is 0 Å². The van der Waals surface area contributed by atoms with Crippen LogP contribution in [0.5, 0.6) is 0 Å². The fraction of sp³-hybridized carbons (Fsp3) is 0.867. The van der Waals surface area contributed by atoms with Gasteiger partial charge in [0.2, 0.25) is 0 Å². The van der Waals surface area contributed by atoms with Crippen LogP contribution in [-0.4, -0.2) is 57.3 Å². The lowest BCUT2D eigenvalue weighted by Crippen LogP contribution is -2.71. The van der Waals surface area contributed by atoms with Crippen LogP contribution in [0.2, 0.25) is 0 Å². The zero-order chi connectivity index (χ0) is 27.0. The Hall–Kier alpha value is -0.326. The molecule has 0 saturated heterocycles. The zero-order valence-electron chi connectivity index (χ0n) is 24.7. The molecule has 38 heavy (non-hydrogen) atoms. The van der Waals surface area contributed by atoms with Gasteiger partial charge in [-0.15, -0.1) is 0 Å². The molecular weight excluding hydrogens is 512 g/mol. The molecule has 0 aromatic carbocycles. The molecule has 8 heteroatoms. The molecule has 4 atom stereocenters. The molecule has 7 aliphatic carbocycles. The Morgan fingerprint density at radius 3 is 1.00 bits per heavy atom. The summed E-state index contributed by atoms with van der Waals surface area (Å²) in [5.74, 6) is 4.57. The Kier molecular flexibility index (Phi) is 8.84. The van der Waals surface area contributed by atoms with Gasteiger partial charge in [-0.1, -0.05) is 12.2 Å². The molecular formula is C30H52O6Si2. The highest BCUT2D eigenvalue weighted by molar-refractivity contribution is 6.66. The van der Waals surface area contributed by atoms with Crippen molar-refractivity contribution in [2.45, 2.75) is 80.1 Å². The highest BCUT2D eigenvalue weighted by atomic mass is 28.4. The van der Waals surface area contributed by atoms with Gasteiger partial charge in [0.15, 0.2) is 0 Å². The van der Waals surface area contributed by atoms with E-state index in [-0.39, 0.29) is 10.8 Å². The first-order chi connectivity index (χ1) is 18.4. The fourth-order valence-electron chi connectivity index (χ4n) is 10.0. The van der Waals surface area contributed by atoms with Crippen molar-refractivity contribution in [1.82, 2.24) is 0 Å².